The molecular weight excluding hydrogens is 300 g/mol. The Kier molecular flexibility index (Phi) is 4.10. The summed E-state index contributed by atoms with van der Waals surface area (Å²) in [5.41, 5.74) is 2.93. The fourth-order valence-electron chi connectivity index (χ4n) is 3.59. The lowest BCUT2D eigenvalue weighted by molar-refractivity contribution is 0.0706. The average Bonchev–Trinajstić information content (AvgIpc) is 3.40. The second-order valence-corrected chi connectivity index (χ2v) is 6.82. The van der Waals surface area contributed by atoms with Crippen LogP contribution in [0, 0.1) is 0 Å². The van der Waals surface area contributed by atoms with E-state index in [9.17, 15) is 4.79 Å². The summed E-state index contributed by atoms with van der Waals surface area (Å²) in [6.45, 7) is 1.65. The van der Waals surface area contributed by atoms with E-state index in [0.717, 1.165) is 55.7 Å². The molecule has 0 radical (unpaired) electrons. The number of carbonyl (C=O) groups is 1. The number of nitrogens with zero attached hydrogens (tertiary/aromatic N) is 3. The highest BCUT2D eigenvalue weighted by Crippen LogP contribution is 2.42. The van der Waals surface area contributed by atoms with Crippen LogP contribution in [-0.4, -0.2) is 46.8 Å². The van der Waals surface area contributed by atoms with Crippen molar-refractivity contribution in [2.24, 2.45) is 0 Å². The minimum Gasteiger partial charge on any atom is -0.338 e. The van der Waals surface area contributed by atoms with Gasteiger partial charge in [0.2, 0.25) is 0 Å². The Hall–Kier alpha value is -2.14. The summed E-state index contributed by atoms with van der Waals surface area (Å²) >= 11 is 0. The molecule has 2 heterocycles. The van der Waals surface area contributed by atoms with E-state index >= 15 is 0 Å². The number of benzene rings is 1. The molecule has 2 aliphatic rings. The first kappa shape index (κ1) is 15.4. The Bertz CT molecular complexity index is 712. The van der Waals surface area contributed by atoms with Crippen LogP contribution in [0.25, 0.3) is 5.69 Å². The van der Waals surface area contributed by atoms with Crippen molar-refractivity contribution >= 4 is 5.91 Å². The number of likely N-dealkylation sites (tertiary alicyclic amines) is 1. The maximum Gasteiger partial charge on any atom is 0.257 e. The molecule has 0 spiro atoms. The van der Waals surface area contributed by atoms with Crippen molar-refractivity contribution in [2.45, 2.75) is 37.6 Å². The molecule has 126 valence electrons. The molecule has 1 aliphatic carbocycles. The SMILES string of the molecule is CNC1CCN(C(=O)c2cnn(-c3ccccc3)c2C2CC2)CC1. The summed E-state index contributed by atoms with van der Waals surface area (Å²) in [5.74, 6) is 0.620. The summed E-state index contributed by atoms with van der Waals surface area (Å²) in [5, 5.41) is 7.87. The van der Waals surface area contributed by atoms with Gasteiger partial charge in [0.1, 0.15) is 0 Å². The zero-order valence-corrected chi connectivity index (χ0v) is 14.1. The van der Waals surface area contributed by atoms with Gasteiger partial charge in [0.15, 0.2) is 0 Å². The third-order valence-electron chi connectivity index (χ3n) is 5.19. The lowest BCUT2D eigenvalue weighted by atomic mass is 10.0. The van der Waals surface area contributed by atoms with Gasteiger partial charge in [0, 0.05) is 25.0 Å². The molecule has 0 atom stereocenters. The second kappa shape index (κ2) is 6.40. The van der Waals surface area contributed by atoms with Gasteiger partial charge >= 0.3 is 0 Å². The maximum absolute atomic E-state index is 13.0. The van der Waals surface area contributed by atoms with Crippen LogP contribution in [0.5, 0.6) is 0 Å². The zero-order chi connectivity index (χ0) is 16.5. The molecule has 5 heteroatoms. The molecule has 1 saturated heterocycles. The molecule has 0 unspecified atom stereocenters. The van der Waals surface area contributed by atoms with Gasteiger partial charge in [0.05, 0.1) is 23.1 Å². The van der Waals surface area contributed by atoms with Crippen LogP contribution in [0.3, 0.4) is 0 Å². The van der Waals surface area contributed by atoms with E-state index in [-0.39, 0.29) is 5.91 Å². The van der Waals surface area contributed by atoms with Crippen LogP contribution >= 0.6 is 0 Å². The van der Waals surface area contributed by atoms with Crippen molar-refractivity contribution in [3.05, 3.63) is 47.8 Å². The maximum atomic E-state index is 13.0. The van der Waals surface area contributed by atoms with E-state index in [2.05, 4.69) is 10.4 Å². The fraction of sp³-hybridized carbons (Fsp3) is 0.474. The van der Waals surface area contributed by atoms with Crippen LogP contribution in [0.2, 0.25) is 0 Å². The largest absolute Gasteiger partial charge is 0.338 e. The first-order valence-electron chi connectivity index (χ1n) is 8.88. The molecule has 5 nitrogen and oxygen atoms in total. The van der Waals surface area contributed by atoms with Crippen molar-refractivity contribution in [2.75, 3.05) is 20.1 Å². The number of piperidine rings is 1. The van der Waals surface area contributed by atoms with Gasteiger partial charge in [-0.2, -0.15) is 5.10 Å². The van der Waals surface area contributed by atoms with Gasteiger partial charge in [-0.1, -0.05) is 18.2 Å². The molecule has 1 aromatic carbocycles. The summed E-state index contributed by atoms with van der Waals surface area (Å²) in [4.78, 5) is 15.0. The Morgan fingerprint density at radius 1 is 1.12 bits per heavy atom. The van der Waals surface area contributed by atoms with E-state index in [1.54, 1.807) is 6.20 Å². The second-order valence-electron chi connectivity index (χ2n) is 6.82. The zero-order valence-electron chi connectivity index (χ0n) is 14.1. The minimum absolute atomic E-state index is 0.147. The van der Waals surface area contributed by atoms with Crippen molar-refractivity contribution in [3.8, 4) is 5.69 Å². The van der Waals surface area contributed by atoms with Crippen LogP contribution in [0.4, 0.5) is 0 Å². The minimum atomic E-state index is 0.147. The number of carbonyl (C=O) groups excluding carboxylic acids is 1. The highest BCUT2D eigenvalue weighted by Gasteiger charge is 2.34. The topological polar surface area (TPSA) is 50.2 Å². The van der Waals surface area contributed by atoms with Crippen molar-refractivity contribution in [1.82, 2.24) is 20.0 Å². The Morgan fingerprint density at radius 2 is 1.83 bits per heavy atom. The van der Waals surface area contributed by atoms with E-state index < -0.39 is 0 Å². The lowest BCUT2D eigenvalue weighted by Gasteiger charge is -2.31. The summed E-state index contributed by atoms with van der Waals surface area (Å²) < 4.78 is 1.96. The van der Waals surface area contributed by atoms with E-state index in [4.69, 9.17) is 0 Å². The van der Waals surface area contributed by atoms with Crippen molar-refractivity contribution in [3.63, 3.8) is 0 Å². The number of nitrogens with one attached hydrogen (secondary N) is 1. The number of amides is 1. The van der Waals surface area contributed by atoms with E-state index in [1.807, 2.05) is 47.0 Å². The van der Waals surface area contributed by atoms with Gasteiger partial charge in [-0.05, 0) is 44.9 Å². The molecule has 1 saturated carbocycles. The molecule has 4 rings (SSSR count). The Labute approximate surface area is 142 Å². The molecule has 1 aromatic heterocycles. The molecule has 2 fully saturated rings. The number of rotatable bonds is 4. The third kappa shape index (κ3) is 2.84. The first-order valence-corrected chi connectivity index (χ1v) is 8.88. The van der Waals surface area contributed by atoms with Crippen LogP contribution in [0.1, 0.15) is 47.7 Å². The van der Waals surface area contributed by atoms with Gasteiger partial charge < -0.3 is 10.2 Å². The fourth-order valence-corrected chi connectivity index (χ4v) is 3.59. The monoisotopic (exact) mass is 324 g/mol. The third-order valence-corrected chi connectivity index (χ3v) is 5.19. The van der Waals surface area contributed by atoms with Crippen LogP contribution in [0.15, 0.2) is 36.5 Å². The normalized spacial score (nSPS) is 18.8. The predicted molar refractivity (Wildman–Crippen MR) is 93.5 cm³/mol. The number of hydrogen-bond donors (Lipinski definition) is 1. The van der Waals surface area contributed by atoms with Crippen LogP contribution < -0.4 is 5.32 Å². The highest BCUT2D eigenvalue weighted by atomic mass is 16.2. The summed E-state index contributed by atoms with van der Waals surface area (Å²) in [6, 6.07) is 10.7. The van der Waals surface area contributed by atoms with Crippen LogP contribution in [-0.2, 0) is 0 Å². The number of hydrogen-bond acceptors (Lipinski definition) is 3. The molecule has 0 bridgehead atoms. The first-order chi connectivity index (χ1) is 11.8. The predicted octanol–water partition coefficient (Wildman–Crippen LogP) is 2.57. The quantitative estimate of drug-likeness (QED) is 0.940. The summed E-state index contributed by atoms with van der Waals surface area (Å²) in [6.07, 6.45) is 6.12. The van der Waals surface area contributed by atoms with Gasteiger partial charge in [0.25, 0.3) is 5.91 Å². The molecular formula is C19H24N4O. The molecule has 1 amide bonds. The molecule has 2 aromatic rings. The summed E-state index contributed by atoms with van der Waals surface area (Å²) in [7, 11) is 2.00. The van der Waals surface area contributed by atoms with Gasteiger partial charge in [-0.3, -0.25) is 4.79 Å². The van der Waals surface area contributed by atoms with E-state index in [1.165, 1.54) is 0 Å². The Balaban J connectivity index is 1.62. The molecule has 24 heavy (non-hydrogen) atoms. The smallest absolute Gasteiger partial charge is 0.257 e. The van der Waals surface area contributed by atoms with Crippen molar-refractivity contribution in [1.29, 1.82) is 0 Å². The van der Waals surface area contributed by atoms with Gasteiger partial charge in [-0.25, -0.2) is 4.68 Å². The highest BCUT2D eigenvalue weighted by molar-refractivity contribution is 5.95. The Morgan fingerprint density at radius 3 is 2.46 bits per heavy atom. The average molecular weight is 324 g/mol. The number of para-hydroxylation sites is 1. The standard InChI is InChI=1S/C19H24N4O/c1-20-15-9-11-22(12-10-15)19(24)17-13-21-23(18(17)14-7-8-14)16-5-3-2-4-6-16/h2-6,13-15,20H,7-12H2,1H3. The lowest BCUT2D eigenvalue weighted by Crippen LogP contribution is -2.44. The van der Waals surface area contributed by atoms with Gasteiger partial charge in [-0.15, -0.1) is 0 Å². The number of aromatic nitrogens is 2. The molecule has 1 aliphatic heterocycles. The van der Waals surface area contributed by atoms with Crippen molar-refractivity contribution < 1.29 is 4.79 Å². The molecule has 1 N–H and O–H groups in total. The van der Waals surface area contributed by atoms with E-state index in [0.29, 0.717) is 12.0 Å².